The molecule has 1 amide bonds. The van der Waals surface area contributed by atoms with E-state index in [4.69, 9.17) is 38.0 Å². The summed E-state index contributed by atoms with van der Waals surface area (Å²) in [6.45, 7) is 0. The minimum Gasteiger partial charge on any atom is -0.493 e. The van der Waals surface area contributed by atoms with Gasteiger partial charge >= 0.3 is 0 Å². The molecule has 1 aromatic carbocycles. The van der Waals surface area contributed by atoms with E-state index in [1.54, 1.807) is 12.1 Å². The second-order valence-electron chi connectivity index (χ2n) is 4.69. The molecule has 0 atom stereocenters. The Balaban J connectivity index is 2.14. The number of aromatic nitrogens is 1. The van der Waals surface area contributed by atoms with E-state index in [1.807, 2.05) is 0 Å². The lowest BCUT2D eigenvalue weighted by molar-refractivity contribution is 0.0977. The number of carbonyl (C=O) groups excluding carboxylic acids is 1. The summed E-state index contributed by atoms with van der Waals surface area (Å²) in [6.07, 6.45) is 1.50. The molecule has 0 aliphatic rings. The molecule has 0 saturated heterocycles. The molecule has 0 aliphatic heterocycles. The molecule has 0 bridgehead atoms. The number of benzene rings is 1. The Morgan fingerprint density at radius 3 is 2.24 bits per heavy atom. The zero-order valence-electron chi connectivity index (χ0n) is 13.8. The van der Waals surface area contributed by atoms with E-state index in [2.05, 4.69) is 15.6 Å². The summed E-state index contributed by atoms with van der Waals surface area (Å²) in [7, 11) is 4.43. The number of hydrogen-bond donors (Lipinski definition) is 2. The fourth-order valence-corrected chi connectivity index (χ4v) is 2.32. The number of rotatable bonds is 5. The van der Waals surface area contributed by atoms with Gasteiger partial charge in [0, 0.05) is 5.56 Å². The Bertz CT molecular complexity index is 758. The SMILES string of the molecule is COc1cc(C(=O)NC(=S)Nc2ccc(Cl)nc2)cc(OC)c1OC. The molecule has 1 heterocycles. The number of carbonyl (C=O) groups is 1. The molecule has 0 unspecified atom stereocenters. The summed E-state index contributed by atoms with van der Waals surface area (Å²) in [5.74, 6) is 0.703. The number of hydrogen-bond acceptors (Lipinski definition) is 6. The molecule has 0 fully saturated rings. The Kier molecular flexibility index (Phi) is 6.37. The van der Waals surface area contributed by atoms with Crippen molar-refractivity contribution in [2.45, 2.75) is 0 Å². The maximum atomic E-state index is 12.4. The second kappa shape index (κ2) is 8.50. The van der Waals surface area contributed by atoms with Crippen molar-refractivity contribution in [1.82, 2.24) is 10.3 Å². The van der Waals surface area contributed by atoms with Crippen LogP contribution >= 0.6 is 23.8 Å². The van der Waals surface area contributed by atoms with Crippen LogP contribution in [0.4, 0.5) is 5.69 Å². The maximum absolute atomic E-state index is 12.4. The van der Waals surface area contributed by atoms with E-state index in [9.17, 15) is 4.79 Å². The quantitative estimate of drug-likeness (QED) is 0.608. The molecule has 25 heavy (non-hydrogen) atoms. The number of nitrogens with zero attached hydrogens (tertiary/aromatic N) is 1. The van der Waals surface area contributed by atoms with Crippen molar-refractivity contribution in [3.63, 3.8) is 0 Å². The van der Waals surface area contributed by atoms with Gasteiger partial charge in [0.05, 0.1) is 33.2 Å². The van der Waals surface area contributed by atoms with Crippen LogP contribution in [0, 0.1) is 0 Å². The van der Waals surface area contributed by atoms with Crippen LogP contribution in [0.2, 0.25) is 5.15 Å². The predicted octanol–water partition coefficient (Wildman–Crippen LogP) is 2.89. The summed E-state index contributed by atoms with van der Waals surface area (Å²) in [6, 6.07) is 6.35. The summed E-state index contributed by atoms with van der Waals surface area (Å²) in [5, 5.41) is 5.88. The third-order valence-electron chi connectivity index (χ3n) is 3.14. The first kappa shape index (κ1) is 18.8. The molecule has 0 radical (unpaired) electrons. The van der Waals surface area contributed by atoms with Gasteiger partial charge in [0.25, 0.3) is 5.91 Å². The predicted molar refractivity (Wildman–Crippen MR) is 99.0 cm³/mol. The highest BCUT2D eigenvalue weighted by molar-refractivity contribution is 7.80. The summed E-state index contributed by atoms with van der Waals surface area (Å²) in [4.78, 5) is 16.3. The van der Waals surface area contributed by atoms with Crippen LogP contribution in [0.5, 0.6) is 17.2 Å². The topological polar surface area (TPSA) is 81.7 Å². The largest absolute Gasteiger partial charge is 0.493 e. The number of halogens is 1. The van der Waals surface area contributed by atoms with Crippen LogP contribution in [0.15, 0.2) is 30.5 Å². The maximum Gasteiger partial charge on any atom is 0.257 e. The molecule has 9 heteroatoms. The van der Waals surface area contributed by atoms with Gasteiger partial charge in [-0.25, -0.2) is 4.98 Å². The van der Waals surface area contributed by atoms with Crippen molar-refractivity contribution in [3.05, 3.63) is 41.2 Å². The number of ether oxygens (including phenoxy) is 3. The van der Waals surface area contributed by atoms with Gasteiger partial charge in [0.1, 0.15) is 5.15 Å². The molecule has 0 saturated carbocycles. The molecule has 1 aromatic heterocycles. The molecular formula is C16H16ClN3O4S. The van der Waals surface area contributed by atoms with Crippen LogP contribution in [0.3, 0.4) is 0 Å². The van der Waals surface area contributed by atoms with Gasteiger partial charge in [-0.2, -0.15) is 0 Å². The zero-order chi connectivity index (χ0) is 18.4. The van der Waals surface area contributed by atoms with Gasteiger partial charge in [0.2, 0.25) is 5.75 Å². The summed E-state index contributed by atoms with van der Waals surface area (Å²) in [5.41, 5.74) is 0.896. The van der Waals surface area contributed by atoms with Crippen LogP contribution < -0.4 is 24.8 Å². The van der Waals surface area contributed by atoms with Gasteiger partial charge in [-0.05, 0) is 36.5 Å². The number of pyridine rings is 1. The highest BCUT2D eigenvalue weighted by atomic mass is 35.5. The van der Waals surface area contributed by atoms with Gasteiger partial charge in [-0.3, -0.25) is 10.1 Å². The number of nitrogens with one attached hydrogen (secondary N) is 2. The van der Waals surface area contributed by atoms with Crippen molar-refractivity contribution in [2.24, 2.45) is 0 Å². The Hall–Kier alpha value is -2.58. The average molecular weight is 382 g/mol. The molecule has 2 aromatic rings. The normalized spacial score (nSPS) is 9.92. The fourth-order valence-electron chi connectivity index (χ4n) is 2.00. The molecule has 2 rings (SSSR count). The van der Waals surface area contributed by atoms with Gasteiger partial charge in [-0.1, -0.05) is 11.6 Å². The third kappa shape index (κ3) is 4.71. The van der Waals surface area contributed by atoms with Gasteiger partial charge in [0.15, 0.2) is 16.6 Å². The minimum absolute atomic E-state index is 0.114. The summed E-state index contributed by atoms with van der Waals surface area (Å²) < 4.78 is 15.7. The Morgan fingerprint density at radius 2 is 1.76 bits per heavy atom. The molecule has 0 aliphatic carbocycles. The van der Waals surface area contributed by atoms with Gasteiger partial charge < -0.3 is 19.5 Å². The molecule has 2 N–H and O–H groups in total. The highest BCUT2D eigenvalue weighted by Gasteiger charge is 2.17. The highest BCUT2D eigenvalue weighted by Crippen LogP contribution is 2.38. The van der Waals surface area contributed by atoms with Crippen molar-refractivity contribution in [3.8, 4) is 17.2 Å². The lowest BCUT2D eigenvalue weighted by atomic mass is 10.1. The first-order valence-corrected chi connectivity index (χ1v) is 7.81. The molecule has 132 valence electrons. The molecule has 7 nitrogen and oxygen atoms in total. The van der Waals surface area contributed by atoms with E-state index >= 15 is 0 Å². The number of amides is 1. The standard InChI is InChI=1S/C16H16ClN3O4S/c1-22-11-6-9(7-12(23-2)14(11)24-3)15(21)20-16(25)19-10-4-5-13(17)18-8-10/h4-8H,1-3H3,(H2,19,20,21,25). The first-order valence-electron chi connectivity index (χ1n) is 7.02. The van der Waals surface area contributed by atoms with E-state index in [-0.39, 0.29) is 5.11 Å². The zero-order valence-corrected chi connectivity index (χ0v) is 15.3. The van der Waals surface area contributed by atoms with Crippen molar-refractivity contribution < 1.29 is 19.0 Å². The monoisotopic (exact) mass is 381 g/mol. The number of thiocarbonyl (C=S) groups is 1. The Labute approximate surface area is 155 Å². The van der Waals surface area contributed by atoms with Crippen LogP contribution in [-0.2, 0) is 0 Å². The molecular weight excluding hydrogens is 366 g/mol. The summed E-state index contributed by atoms with van der Waals surface area (Å²) >= 11 is 10.8. The number of methoxy groups -OCH3 is 3. The smallest absolute Gasteiger partial charge is 0.257 e. The third-order valence-corrected chi connectivity index (χ3v) is 3.57. The van der Waals surface area contributed by atoms with Crippen LogP contribution in [0.1, 0.15) is 10.4 Å². The minimum atomic E-state index is -0.432. The van der Waals surface area contributed by atoms with Crippen molar-refractivity contribution >= 4 is 40.5 Å². The van der Waals surface area contributed by atoms with Gasteiger partial charge in [-0.15, -0.1) is 0 Å². The van der Waals surface area contributed by atoms with E-state index in [0.717, 1.165) is 0 Å². The van der Waals surface area contributed by atoms with Crippen LogP contribution in [-0.4, -0.2) is 37.3 Å². The lowest BCUT2D eigenvalue weighted by Gasteiger charge is -2.14. The van der Waals surface area contributed by atoms with E-state index < -0.39 is 5.91 Å². The van der Waals surface area contributed by atoms with Crippen molar-refractivity contribution in [2.75, 3.05) is 26.6 Å². The molecule has 0 spiro atoms. The second-order valence-corrected chi connectivity index (χ2v) is 5.49. The lowest BCUT2D eigenvalue weighted by Crippen LogP contribution is -2.34. The van der Waals surface area contributed by atoms with E-state index in [0.29, 0.717) is 33.7 Å². The van der Waals surface area contributed by atoms with Crippen LogP contribution in [0.25, 0.3) is 0 Å². The Morgan fingerprint density at radius 1 is 1.12 bits per heavy atom. The van der Waals surface area contributed by atoms with Crippen molar-refractivity contribution in [1.29, 1.82) is 0 Å². The number of anilines is 1. The van der Waals surface area contributed by atoms with E-state index in [1.165, 1.54) is 39.7 Å². The fraction of sp³-hybridized carbons (Fsp3) is 0.188. The average Bonchev–Trinajstić information content (AvgIpc) is 2.62. The first-order chi connectivity index (χ1) is 12.0.